The summed E-state index contributed by atoms with van der Waals surface area (Å²) in [5, 5.41) is 5.66. The van der Waals surface area contributed by atoms with Gasteiger partial charge >= 0.3 is 5.97 Å². The highest BCUT2D eigenvalue weighted by Crippen LogP contribution is 2.28. The fourth-order valence-electron chi connectivity index (χ4n) is 3.72. The average Bonchev–Trinajstić information content (AvgIpc) is 2.95. The van der Waals surface area contributed by atoms with Crippen molar-refractivity contribution in [3.05, 3.63) is 0 Å². The zero-order valence-electron chi connectivity index (χ0n) is 17.9. The van der Waals surface area contributed by atoms with Crippen LogP contribution >= 0.6 is 0 Å². The molecule has 1 fully saturated rings. The van der Waals surface area contributed by atoms with Crippen LogP contribution in [0, 0.1) is 11.8 Å². The number of nitrogens with one attached hydrogen (secondary N) is 2. The highest BCUT2D eigenvalue weighted by atomic mass is 16.6. The molecule has 2 unspecified atom stereocenters. The normalized spacial score (nSPS) is 22.8. The van der Waals surface area contributed by atoms with Crippen molar-refractivity contribution >= 4 is 17.8 Å². The zero-order chi connectivity index (χ0) is 20.8. The van der Waals surface area contributed by atoms with Gasteiger partial charge in [-0.25, -0.2) is 0 Å². The van der Waals surface area contributed by atoms with Gasteiger partial charge in [0.1, 0.15) is 11.6 Å². The van der Waals surface area contributed by atoms with Crippen LogP contribution < -0.4 is 10.6 Å². The van der Waals surface area contributed by atoms with Gasteiger partial charge in [-0.15, -0.1) is 0 Å². The molecule has 1 rings (SSSR count). The van der Waals surface area contributed by atoms with Crippen LogP contribution in [0.15, 0.2) is 0 Å². The zero-order valence-corrected chi connectivity index (χ0v) is 17.9. The molecule has 0 bridgehead atoms. The van der Waals surface area contributed by atoms with Gasteiger partial charge in [-0.2, -0.15) is 0 Å². The van der Waals surface area contributed by atoms with Crippen LogP contribution in [0.5, 0.6) is 0 Å². The van der Waals surface area contributed by atoms with Crippen LogP contribution in [0.4, 0.5) is 0 Å². The van der Waals surface area contributed by atoms with Crippen molar-refractivity contribution in [2.75, 3.05) is 20.1 Å². The van der Waals surface area contributed by atoms with Crippen molar-refractivity contribution in [1.82, 2.24) is 15.5 Å². The minimum atomic E-state index is -0.569. The summed E-state index contributed by atoms with van der Waals surface area (Å²) in [6.07, 6.45) is 2.38. The van der Waals surface area contributed by atoms with Gasteiger partial charge in [0.15, 0.2) is 0 Å². The van der Waals surface area contributed by atoms with Gasteiger partial charge in [-0.3, -0.25) is 19.3 Å². The van der Waals surface area contributed by atoms with E-state index >= 15 is 0 Å². The van der Waals surface area contributed by atoms with Crippen molar-refractivity contribution in [3.8, 4) is 0 Å². The monoisotopic (exact) mass is 383 g/mol. The Kier molecular flexibility index (Phi) is 8.72. The molecular formula is C20H37N3O4. The minimum Gasteiger partial charge on any atom is -0.459 e. The molecule has 1 heterocycles. The van der Waals surface area contributed by atoms with Crippen LogP contribution in [0.25, 0.3) is 0 Å². The number of ether oxygens (including phenoxy) is 1. The molecule has 7 heteroatoms. The van der Waals surface area contributed by atoms with E-state index in [1.165, 1.54) is 6.92 Å². The number of rotatable bonds is 8. The number of carbonyl (C=O) groups is 3. The number of hydrogen-bond acceptors (Lipinski definition) is 5. The second-order valence-electron chi connectivity index (χ2n) is 8.59. The Bertz CT molecular complexity index is 530. The number of hydrogen-bond donors (Lipinski definition) is 2. The Morgan fingerprint density at radius 2 is 1.89 bits per heavy atom. The second kappa shape index (κ2) is 10.1. The lowest BCUT2D eigenvalue weighted by molar-refractivity contribution is -0.160. The molecule has 156 valence electrons. The molecule has 27 heavy (non-hydrogen) atoms. The first-order valence-corrected chi connectivity index (χ1v) is 9.94. The van der Waals surface area contributed by atoms with Crippen molar-refractivity contribution in [3.63, 3.8) is 0 Å². The quantitative estimate of drug-likeness (QED) is 0.623. The van der Waals surface area contributed by atoms with E-state index in [1.54, 1.807) is 7.05 Å². The van der Waals surface area contributed by atoms with E-state index in [4.69, 9.17) is 4.74 Å². The molecule has 0 spiro atoms. The SMILES string of the molecule is CCCC(CN1C[C@H](C(=O)NC)C[C@@H]1C(=O)OC(C)(C)C)C(C)NC(C)=O. The van der Waals surface area contributed by atoms with E-state index in [0.29, 0.717) is 19.5 Å². The summed E-state index contributed by atoms with van der Waals surface area (Å²) in [6, 6.07) is -0.434. The van der Waals surface area contributed by atoms with Gasteiger partial charge in [-0.1, -0.05) is 13.3 Å². The summed E-state index contributed by atoms with van der Waals surface area (Å²) in [7, 11) is 1.62. The molecule has 1 saturated heterocycles. The van der Waals surface area contributed by atoms with Gasteiger partial charge in [0, 0.05) is 33.1 Å². The fraction of sp³-hybridized carbons (Fsp3) is 0.850. The van der Waals surface area contributed by atoms with E-state index in [2.05, 4.69) is 22.5 Å². The van der Waals surface area contributed by atoms with Crippen molar-refractivity contribution in [2.45, 2.75) is 78.5 Å². The molecule has 7 nitrogen and oxygen atoms in total. The molecule has 0 radical (unpaired) electrons. The van der Waals surface area contributed by atoms with E-state index in [0.717, 1.165) is 12.8 Å². The van der Waals surface area contributed by atoms with Gasteiger partial charge in [-0.05, 0) is 46.5 Å². The van der Waals surface area contributed by atoms with Gasteiger partial charge < -0.3 is 15.4 Å². The molecule has 2 amide bonds. The molecule has 0 aromatic carbocycles. The summed E-state index contributed by atoms with van der Waals surface area (Å²) < 4.78 is 5.60. The predicted molar refractivity (Wildman–Crippen MR) is 105 cm³/mol. The highest BCUT2D eigenvalue weighted by molar-refractivity contribution is 5.82. The van der Waals surface area contributed by atoms with E-state index in [1.807, 2.05) is 27.7 Å². The molecule has 0 aromatic heterocycles. The smallest absolute Gasteiger partial charge is 0.323 e. The Morgan fingerprint density at radius 1 is 1.26 bits per heavy atom. The summed E-state index contributed by atoms with van der Waals surface area (Å²) in [4.78, 5) is 38.4. The summed E-state index contributed by atoms with van der Waals surface area (Å²) in [6.45, 7) is 12.3. The lowest BCUT2D eigenvalue weighted by Gasteiger charge is -2.32. The maximum absolute atomic E-state index is 12.7. The fourth-order valence-corrected chi connectivity index (χ4v) is 3.72. The molecule has 1 aliphatic rings. The Balaban J connectivity index is 2.96. The number of amides is 2. The van der Waals surface area contributed by atoms with Gasteiger partial charge in [0.25, 0.3) is 0 Å². The van der Waals surface area contributed by atoms with Gasteiger partial charge in [0.2, 0.25) is 11.8 Å². The number of esters is 1. The number of likely N-dealkylation sites (tertiary alicyclic amines) is 1. The second-order valence-corrected chi connectivity index (χ2v) is 8.59. The molecule has 0 aromatic rings. The van der Waals surface area contributed by atoms with Gasteiger partial charge in [0.05, 0.1) is 5.92 Å². The largest absolute Gasteiger partial charge is 0.459 e. The third-order valence-electron chi connectivity index (χ3n) is 4.97. The van der Waals surface area contributed by atoms with E-state index in [9.17, 15) is 14.4 Å². The van der Waals surface area contributed by atoms with Crippen molar-refractivity contribution < 1.29 is 19.1 Å². The minimum absolute atomic E-state index is 0.000730. The lowest BCUT2D eigenvalue weighted by atomic mass is 9.95. The molecule has 1 aliphatic heterocycles. The van der Waals surface area contributed by atoms with Crippen molar-refractivity contribution in [1.29, 1.82) is 0 Å². The number of carbonyl (C=O) groups excluding carboxylic acids is 3. The van der Waals surface area contributed by atoms with E-state index in [-0.39, 0.29) is 35.7 Å². The molecule has 0 saturated carbocycles. The standard InChI is InChI=1S/C20H37N3O4/c1-8-9-15(13(2)22-14(3)24)11-23-12-16(18(25)21-7)10-17(23)19(26)27-20(4,5)6/h13,15-17H,8-12H2,1-7H3,(H,21,25)(H,22,24)/t13?,15?,16-,17-/m1/s1. The highest BCUT2D eigenvalue weighted by Gasteiger charge is 2.42. The first-order chi connectivity index (χ1) is 12.5. The molecule has 0 aliphatic carbocycles. The Morgan fingerprint density at radius 3 is 2.37 bits per heavy atom. The first kappa shape index (κ1) is 23.4. The summed E-state index contributed by atoms with van der Waals surface area (Å²) in [5.74, 6) is -0.417. The molecular weight excluding hydrogens is 346 g/mol. The molecule has 2 N–H and O–H groups in total. The molecule has 4 atom stereocenters. The topological polar surface area (TPSA) is 87.7 Å². The van der Waals surface area contributed by atoms with Crippen LogP contribution in [0.2, 0.25) is 0 Å². The summed E-state index contributed by atoms with van der Waals surface area (Å²) >= 11 is 0. The maximum atomic E-state index is 12.7. The third kappa shape index (κ3) is 7.48. The van der Waals surface area contributed by atoms with Crippen LogP contribution in [-0.2, 0) is 19.1 Å². The Hall–Kier alpha value is -1.63. The lowest BCUT2D eigenvalue weighted by Crippen LogP contribution is -2.47. The average molecular weight is 384 g/mol. The van der Waals surface area contributed by atoms with E-state index < -0.39 is 11.6 Å². The summed E-state index contributed by atoms with van der Waals surface area (Å²) in [5.41, 5.74) is -0.569. The van der Waals surface area contributed by atoms with Crippen LogP contribution in [0.1, 0.15) is 60.8 Å². The van der Waals surface area contributed by atoms with Crippen LogP contribution in [-0.4, -0.2) is 60.5 Å². The maximum Gasteiger partial charge on any atom is 0.323 e. The number of nitrogens with zero attached hydrogens (tertiary/aromatic N) is 1. The third-order valence-corrected chi connectivity index (χ3v) is 4.97. The Labute approximate surface area is 163 Å². The first-order valence-electron chi connectivity index (χ1n) is 9.94. The predicted octanol–water partition coefficient (Wildman–Crippen LogP) is 1.71. The van der Waals surface area contributed by atoms with Crippen LogP contribution in [0.3, 0.4) is 0 Å². The van der Waals surface area contributed by atoms with Crippen molar-refractivity contribution in [2.24, 2.45) is 11.8 Å².